The van der Waals surface area contributed by atoms with Crippen LogP contribution in [0.3, 0.4) is 0 Å². The normalized spacial score (nSPS) is 21.1. The molecule has 0 aliphatic carbocycles. The van der Waals surface area contributed by atoms with Gasteiger partial charge in [0.05, 0.1) is 12.2 Å². The second kappa shape index (κ2) is 48.5. The molecule has 0 bridgehead atoms. The highest BCUT2D eigenvalue weighted by atomic mass is 32.2. The molecular formula is C61H108N16O28S5. The van der Waals surface area contributed by atoms with Gasteiger partial charge in [0.1, 0.15) is 89.8 Å². The van der Waals surface area contributed by atoms with E-state index < -0.39 is 301 Å². The van der Waals surface area contributed by atoms with Crippen molar-refractivity contribution >= 4 is 116 Å². The molecule has 44 nitrogen and oxygen atoms in total. The van der Waals surface area contributed by atoms with Gasteiger partial charge in [-0.25, -0.2) is 0 Å². The van der Waals surface area contributed by atoms with Crippen molar-refractivity contribution in [3.8, 4) is 0 Å². The number of aliphatic hydroxyl groups excluding tert-OH is 2. The number of amides is 11. The number of carbonyl (C=O) groups excluding carboxylic acids is 11. The van der Waals surface area contributed by atoms with Crippen molar-refractivity contribution in [2.24, 2.45) is 11.8 Å². The first-order chi connectivity index (χ1) is 51.1. The molecule has 0 radical (unpaired) electrons. The van der Waals surface area contributed by atoms with Crippen LogP contribution in [0.4, 0.5) is 0 Å². The fraction of sp³-hybridized carbons (Fsp3) is 0.721. The van der Waals surface area contributed by atoms with Gasteiger partial charge in [-0.3, -0.25) is 75.5 Å². The number of nitrogens with one attached hydrogen (secondary N) is 16. The van der Waals surface area contributed by atoms with Gasteiger partial charge in [0.15, 0.2) is 0 Å². The molecule has 13 atom stereocenters. The maximum Gasteiger partial charge on any atom is 0.278 e. The van der Waals surface area contributed by atoms with E-state index in [0.717, 1.165) is 26.7 Å². The van der Waals surface area contributed by atoms with Crippen molar-refractivity contribution in [3.05, 3.63) is 35.9 Å². The molecule has 1 heterocycles. The molecule has 110 heavy (non-hydrogen) atoms. The van der Waals surface area contributed by atoms with E-state index in [4.69, 9.17) is 0 Å². The SMILES string of the molecule is CC[C@H](C)CCCCC(=O)N[C@@H](CCNCS(=O)(=O)O)C(=O)N[C@H](C(=O)N[C@@H](CCNCS(=O)(=O)O)C(=O)N[C@H]1CCNC(=O)[C@H]([C@@H](C)O)NC(=O)[C@H](CCNCS(=O)(=O)O)NC(=O)[C@H](CCNCS(=O)(=O)O)NC(=O)[C@H](CC(C)C)NC(=O)[C@@H](Cc2ccccc2)NC(=O)[C@H](CCNCS(=O)(=O)O)NC1=O)[C@@H](C)O. The molecular weight excluding hydrogens is 1570 g/mol. The molecule has 1 aliphatic heterocycles. The van der Waals surface area contributed by atoms with E-state index in [0.29, 0.717) is 24.3 Å². The fourth-order valence-electron chi connectivity index (χ4n) is 10.5. The highest BCUT2D eigenvalue weighted by Crippen LogP contribution is 2.15. The van der Waals surface area contributed by atoms with Crippen LogP contribution in [0, 0.1) is 11.8 Å². The van der Waals surface area contributed by atoms with Crippen molar-refractivity contribution in [1.82, 2.24) is 85.1 Å². The Balaban J connectivity index is 3.01. The largest absolute Gasteiger partial charge is 0.391 e. The highest BCUT2D eigenvalue weighted by Gasteiger charge is 2.38. The highest BCUT2D eigenvalue weighted by molar-refractivity contribution is 7.86. The summed E-state index contributed by atoms with van der Waals surface area (Å²) < 4.78 is 164. The smallest absolute Gasteiger partial charge is 0.278 e. The first-order valence-corrected chi connectivity index (χ1v) is 43.1. The zero-order valence-electron chi connectivity index (χ0n) is 61.7. The van der Waals surface area contributed by atoms with E-state index in [2.05, 4.69) is 85.1 Å². The van der Waals surface area contributed by atoms with Crippen LogP contribution in [-0.4, -0.2) is 281 Å². The molecule has 11 amide bonds. The topological polar surface area (TPSA) is 693 Å². The molecule has 0 spiro atoms. The lowest BCUT2D eigenvalue weighted by Crippen LogP contribution is -2.62. The van der Waals surface area contributed by atoms with Gasteiger partial charge in [0.25, 0.3) is 50.6 Å². The number of carbonyl (C=O) groups is 11. The molecule has 0 saturated carbocycles. The van der Waals surface area contributed by atoms with E-state index in [-0.39, 0.29) is 19.4 Å². The second-order valence-corrected chi connectivity index (χ2v) is 34.0. The Hall–Kier alpha value is -7.34. The van der Waals surface area contributed by atoms with Crippen molar-refractivity contribution in [2.45, 2.75) is 198 Å². The van der Waals surface area contributed by atoms with Gasteiger partial charge < -0.3 is 95.3 Å². The number of hydrogen-bond donors (Lipinski definition) is 23. The van der Waals surface area contributed by atoms with Crippen molar-refractivity contribution in [2.75, 3.05) is 68.7 Å². The molecule has 1 aromatic rings. The molecule has 1 fully saturated rings. The molecule has 630 valence electrons. The predicted octanol–water partition coefficient (Wildman–Crippen LogP) is -7.86. The Bertz CT molecular complexity index is 3790. The zero-order valence-corrected chi connectivity index (χ0v) is 65.8. The Labute approximate surface area is 639 Å². The maximum absolute atomic E-state index is 15.0. The summed E-state index contributed by atoms with van der Waals surface area (Å²) in [6.45, 7) is 5.94. The minimum absolute atomic E-state index is 0.0882. The Kier molecular flexibility index (Phi) is 43.6. The fourth-order valence-corrected chi connectivity index (χ4v) is 12.5. The standard InChI is InChI=1S/C61H108N16O28S5/c1-7-37(4)13-11-12-16-49(80)68-41(17-23-62-31-106(91,92)93)56(85)77-51(39(6)79)61(90)73-44(20-26-65-34-109(100,101)102)53(82)71-46-22-28-67-60(89)50(38(5)78)76-57(86)45(21-27-66-35-110(103,104)105)70-52(81)42(18-24-63-32-107(94,95)96)72-58(87)47(29-36(2)3)74-59(88)48(30-40-14-9-8-10-15-40)75-55(84)43(69-54(46)83)19-25-64-33-108(97,98)99/h8-10,14-15,36-39,41-48,50-51,62-66,78-79H,7,11-13,16-35H2,1-6H3,(H,67,89)(H,68,80)(H,69,83)(H,70,81)(H,71,82)(H,72,87)(H,73,90)(H,74,88)(H,75,84)(H,76,86)(H,77,85)(H,91,92,93)(H,94,95,96)(H,97,98,99)(H,100,101,102)(H,103,104,105)/t37-,38+,39+,41-,42-,43-,44-,45-,46-,47-,48+,50-,51-/m0/s1. The maximum atomic E-state index is 15.0. The third kappa shape index (κ3) is 43.5. The van der Waals surface area contributed by atoms with E-state index in [9.17, 15) is 123 Å². The summed E-state index contributed by atoms with van der Waals surface area (Å²) in [6.07, 6.45) is -5.52. The summed E-state index contributed by atoms with van der Waals surface area (Å²) in [6, 6.07) is -11.0. The van der Waals surface area contributed by atoms with Crippen LogP contribution < -0.4 is 85.1 Å². The van der Waals surface area contributed by atoms with Gasteiger partial charge in [-0.15, -0.1) is 0 Å². The minimum Gasteiger partial charge on any atom is -0.391 e. The van der Waals surface area contributed by atoms with Crippen LogP contribution in [0.1, 0.15) is 124 Å². The summed E-state index contributed by atoms with van der Waals surface area (Å²) in [5, 5.41) is 59.9. The molecule has 23 N–H and O–H groups in total. The first kappa shape index (κ1) is 98.7. The summed E-state index contributed by atoms with van der Waals surface area (Å²) in [5.41, 5.74) is 0.362. The first-order valence-electron chi connectivity index (χ1n) is 35.1. The van der Waals surface area contributed by atoms with Crippen LogP contribution in [-0.2, 0) is 110 Å². The minimum atomic E-state index is -4.78. The molecule has 0 aromatic heterocycles. The molecule has 1 saturated heterocycles. The lowest BCUT2D eigenvalue weighted by Gasteiger charge is -2.29. The molecule has 1 aromatic carbocycles. The van der Waals surface area contributed by atoms with E-state index >= 15 is 4.79 Å². The predicted molar refractivity (Wildman–Crippen MR) is 393 cm³/mol. The number of unbranched alkanes of at least 4 members (excludes halogenated alkanes) is 1. The Morgan fingerprint density at radius 1 is 0.473 bits per heavy atom. The third-order valence-corrected chi connectivity index (χ3v) is 19.3. The van der Waals surface area contributed by atoms with E-state index in [1.54, 1.807) is 32.0 Å². The number of aliphatic hydroxyl groups is 2. The van der Waals surface area contributed by atoms with Gasteiger partial charge in [0.2, 0.25) is 65.0 Å². The monoisotopic (exact) mass is 1670 g/mol. The van der Waals surface area contributed by atoms with Crippen LogP contribution in [0.2, 0.25) is 0 Å². The lowest BCUT2D eigenvalue weighted by atomic mass is 10.00. The van der Waals surface area contributed by atoms with Crippen molar-refractivity contribution < 1.29 is 128 Å². The summed E-state index contributed by atoms with van der Waals surface area (Å²) in [4.78, 5) is 159. The van der Waals surface area contributed by atoms with Crippen LogP contribution >= 0.6 is 0 Å². The van der Waals surface area contributed by atoms with Crippen molar-refractivity contribution in [3.63, 3.8) is 0 Å². The molecule has 2 rings (SSSR count). The molecule has 1 aliphatic rings. The Morgan fingerprint density at radius 2 is 0.882 bits per heavy atom. The number of rotatable bonds is 44. The van der Waals surface area contributed by atoms with Gasteiger partial charge in [0, 0.05) is 19.4 Å². The Morgan fingerprint density at radius 3 is 1.32 bits per heavy atom. The van der Waals surface area contributed by atoms with Gasteiger partial charge in [-0.1, -0.05) is 77.3 Å². The number of benzene rings is 1. The van der Waals surface area contributed by atoms with Crippen molar-refractivity contribution in [1.29, 1.82) is 0 Å². The summed E-state index contributed by atoms with van der Waals surface area (Å²) >= 11 is 0. The van der Waals surface area contributed by atoms with E-state index in [1.807, 2.05) is 13.8 Å². The van der Waals surface area contributed by atoms with E-state index in [1.165, 1.54) is 12.1 Å². The third-order valence-electron chi connectivity index (χ3n) is 16.4. The van der Waals surface area contributed by atoms with Gasteiger partial charge >= 0.3 is 0 Å². The van der Waals surface area contributed by atoms with Crippen LogP contribution in [0.25, 0.3) is 0 Å². The second-order valence-electron chi connectivity index (χ2n) is 26.7. The quantitative estimate of drug-likeness (QED) is 0.0213. The van der Waals surface area contributed by atoms with Gasteiger partial charge in [-0.05, 0) is 115 Å². The zero-order chi connectivity index (χ0) is 83.3. The van der Waals surface area contributed by atoms with Crippen LogP contribution in [0.15, 0.2) is 30.3 Å². The van der Waals surface area contributed by atoms with Gasteiger partial charge in [-0.2, -0.15) is 42.1 Å². The number of hydrogen-bond acceptors (Lipinski definition) is 28. The lowest BCUT2D eigenvalue weighted by molar-refractivity contribution is -0.137. The molecule has 49 heteroatoms. The van der Waals surface area contributed by atoms with Crippen LogP contribution in [0.5, 0.6) is 0 Å². The average Bonchev–Trinajstić information content (AvgIpc) is 0.933. The molecule has 0 unspecified atom stereocenters. The average molecular weight is 1670 g/mol. The summed E-state index contributed by atoms with van der Waals surface area (Å²) in [7, 11) is -23.5. The summed E-state index contributed by atoms with van der Waals surface area (Å²) in [5.74, 6) is -18.8.